The zero-order valence-corrected chi connectivity index (χ0v) is 15.6. The molecule has 142 valence electrons. The molecule has 0 spiro atoms. The minimum atomic E-state index is -3.82. The Morgan fingerprint density at radius 2 is 1.88 bits per heavy atom. The van der Waals surface area contributed by atoms with Gasteiger partial charge in [0.25, 0.3) is 0 Å². The number of alkyl carbamates (subject to hydrolysis) is 1. The van der Waals surface area contributed by atoms with Crippen molar-refractivity contribution in [2.45, 2.75) is 51.4 Å². The highest BCUT2D eigenvalue weighted by molar-refractivity contribution is 7.90. The van der Waals surface area contributed by atoms with Crippen molar-refractivity contribution in [1.29, 1.82) is 0 Å². The lowest BCUT2D eigenvalue weighted by Gasteiger charge is -2.22. The summed E-state index contributed by atoms with van der Waals surface area (Å²) in [6.45, 7) is 6.62. The maximum atomic E-state index is 12.3. The lowest BCUT2D eigenvalue weighted by Crippen LogP contribution is -2.45. The number of carbonyl (C=O) groups is 2. The number of hydrogen-bond donors (Lipinski definition) is 3. The number of nitrogens with two attached hydrogens (primary N) is 1. The largest absolute Gasteiger partial charge is 0.465 e. The monoisotopic (exact) mass is 367 g/mol. The fourth-order valence-corrected chi connectivity index (χ4v) is 3.05. The highest BCUT2D eigenvalue weighted by Crippen LogP contribution is 2.09. The quantitative estimate of drug-likeness (QED) is 0.466. The second kappa shape index (κ2) is 10.5. The van der Waals surface area contributed by atoms with Crippen molar-refractivity contribution in [3.05, 3.63) is 0 Å². The van der Waals surface area contributed by atoms with Crippen LogP contribution in [0.15, 0.2) is 0 Å². The molecule has 0 aliphatic rings. The van der Waals surface area contributed by atoms with Crippen LogP contribution in [0.2, 0.25) is 0 Å². The fourth-order valence-electron chi connectivity index (χ4n) is 1.71. The minimum absolute atomic E-state index is 0.146. The molecule has 0 aromatic carbocycles. The van der Waals surface area contributed by atoms with Gasteiger partial charge in [-0.05, 0) is 47.1 Å². The van der Waals surface area contributed by atoms with Gasteiger partial charge in [-0.1, -0.05) is 0 Å². The average molecular weight is 367 g/mol. The second-order valence-corrected chi connectivity index (χ2v) is 8.15. The van der Waals surface area contributed by atoms with E-state index in [2.05, 4.69) is 14.8 Å². The number of nitrogens with one attached hydrogen (secondary N) is 2. The number of hydrogen-bond acceptors (Lipinski definition) is 7. The van der Waals surface area contributed by atoms with Gasteiger partial charge >= 0.3 is 12.1 Å². The summed E-state index contributed by atoms with van der Waals surface area (Å²) in [5.74, 6) is -0.668. The van der Waals surface area contributed by atoms with Gasteiger partial charge in [0.05, 0.1) is 11.9 Å². The van der Waals surface area contributed by atoms with Crippen molar-refractivity contribution >= 4 is 22.1 Å². The molecule has 0 bridgehead atoms. The summed E-state index contributed by atoms with van der Waals surface area (Å²) in [5.41, 5.74) is 4.74. The Morgan fingerprint density at radius 1 is 1.25 bits per heavy atom. The van der Waals surface area contributed by atoms with Crippen LogP contribution in [0, 0.1) is 0 Å². The van der Waals surface area contributed by atoms with Crippen LogP contribution in [-0.4, -0.2) is 57.6 Å². The van der Waals surface area contributed by atoms with E-state index in [4.69, 9.17) is 10.5 Å². The van der Waals surface area contributed by atoms with E-state index in [1.165, 1.54) is 0 Å². The van der Waals surface area contributed by atoms with Crippen molar-refractivity contribution in [2.75, 3.05) is 26.2 Å². The third-order valence-corrected chi connectivity index (χ3v) is 4.59. The van der Waals surface area contributed by atoms with Crippen molar-refractivity contribution in [2.24, 2.45) is 5.73 Å². The number of esters is 1. The topological polar surface area (TPSA) is 137 Å². The molecule has 10 heteroatoms. The maximum absolute atomic E-state index is 12.3. The molecule has 9 nitrogen and oxygen atoms in total. The summed E-state index contributed by atoms with van der Waals surface area (Å²) in [7, 11) is -3.82. The first-order valence-electron chi connectivity index (χ1n) is 7.82. The number of sulfonamides is 1. The SMILES string of the molecule is CCOC(=O)CNS(=O)(=O)C(CCCN)CNC(=O)OC(C)(C)C. The molecule has 0 saturated heterocycles. The van der Waals surface area contributed by atoms with Crippen molar-refractivity contribution in [3.8, 4) is 0 Å². The number of carbonyl (C=O) groups excluding carboxylic acids is 2. The first-order valence-corrected chi connectivity index (χ1v) is 9.37. The molecule has 0 rings (SSSR count). The van der Waals surface area contributed by atoms with E-state index >= 15 is 0 Å². The molecule has 1 atom stereocenters. The molecule has 1 unspecified atom stereocenters. The Hall–Kier alpha value is -1.39. The van der Waals surface area contributed by atoms with E-state index in [1.807, 2.05) is 0 Å². The Labute approximate surface area is 143 Å². The molecule has 0 aromatic rings. The molecule has 0 aliphatic carbocycles. The first kappa shape index (κ1) is 22.6. The fraction of sp³-hybridized carbons (Fsp3) is 0.857. The third kappa shape index (κ3) is 10.4. The molecule has 24 heavy (non-hydrogen) atoms. The Kier molecular flexibility index (Phi) is 9.86. The van der Waals surface area contributed by atoms with Gasteiger partial charge in [-0.25, -0.2) is 17.9 Å². The summed E-state index contributed by atoms with van der Waals surface area (Å²) in [5, 5.41) is 1.50. The van der Waals surface area contributed by atoms with Crippen LogP contribution >= 0.6 is 0 Å². The van der Waals surface area contributed by atoms with Gasteiger partial charge < -0.3 is 20.5 Å². The van der Waals surface area contributed by atoms with E-state index in [0.29, 0.717) is 13.0 Å². The number of ether oxygens (including phenoxy) is 2. The van der Waals surface area contributed by atoms with E-state index in [9.17, 15) is 18.0 Å². The minimum Gasteiger partial charge on any atom is -0.465 e. The molecule has 0 heterocycles. The zero-order valence-electron chi connectivity index (χ0n) is 14.8. The average Bonchev–Trinajstić information content (AvgIpc) is 2.43. The van der Waals surface area contributed by atoms with Gasteiger partial charge in [0.1, 0.15) is 12.1 Å². The van der Waals surface area contributed by atoms with E-state index in [1.54, 1.807) is 27.7 Å². The summed E-state index contributed by atoms with van der Waals surface area (Å²) in [6, 6.07) is 0. The van der Waals surface area contributed by atoms with Crippen LogP contribution in [0.4, 0.5) is 4.79 Å². The Balaban J connectivity index is 4.72. The predicted molar refractivity (Wildman–Crippen MR) is 89.9 cm³/mol. The molecule has 4 N–H and O–H groups in total. The van der Waals surface area contributed by atoms with E-state index < -0.39 is 39.5 Å². The van der Waals surface area contributed by atoms with Crippen molar-refractivity contribution < 1.29 is 27.5 Å². The second-order valence-electron chi connectivity index (χ2n) is 6.11. The normalized spacial score (nSPS) is 13.2. The highest BCUT2D eigenvalue weighted by atomic mass is 32.2. The van der Waals surface area contributed by atoms with Gasteiger partial charge in [0.2, 0.25) is 10.0 Å². The lowest BCUT2D eigenvalue weighted by molar-refractivity contribution is -0.141. The van der Waals surface area contributed by atoms with Gasteiger partial charge in [-0.3, -0.25) is 4.79 Å². The third-order valence-electron chi connectivity index (χ3n) is 2.77. The van der Waals surface area contributed by atoms with Crippen LogP contribution in [0.25, 0.3) is 0 Å². The zero-order chi connectivity index (χ0) is 18.8. The standard InChI is InChI=1S/C14H29N3O6S/c1-5-22-12(18)10-17-24(20,21)11(7-6-8-15)9-16-13(19)23-14(2,3)4/h11,17H,5-10,15H2,1-4H3,(H,16,19). The number of amides is 1. The molecule has 0 fully saturated rings. The summed E-state index contributed by atoms with van der Waals surface area (Å²) < 4.78 is 36.5. The summed E-state index contributed by atoms with van der Waals surface area (Å²) in [6.07, 6.45) is -0.00772. The molecular formula is C14H29N3O6S. The Bertz CT molecular complexity index is 501. The van der Waals surface area contributed by atoms with Gasteiger partial charge in [-0.2, -0.15) is 0 Å². The molecule has 0 aliphatic heterocycles. The molecule has 0 saturated carbocycles. The smallest absolute Gasteiger partial charge is 0.407 e. The van der Waals surface area contributed by atoms with Crippen molar-refractivity contribution in [3.63, 3.8) is 0 Å². The lowest BCUT2D eigenvalue weighted by atomic mass is 10.2. The van der Waals surface area contributed by atoms with Crippen LogP contribution in [0.1, 0.15) is 40.5 Å². The molecule has 0 radical (unpaired) electrons. The molecule has 1 amide bonds. The number of rotatable bonds is 10. The summed E-state index contributed by atoms with van der Waals surface area (Å²) in [4.78, 5) is 23.0. The van der Waals surface area contributed by atoms with Gasteiger partial charge in [0.15, 0.2) is 0 Å². The first-order chi connectivity index (χ1) is 11.0. The van der Waals surface area contributed by atoms with Crippen LogP contribution < -0.4 is 15.8 Å². The highest BCUT2D eigenvalue weighted by Gasteiger charge is 2.27. The van der Waals surface area contributed by atoms with Crippen molar-refractivity contribution in [1.82, 2.24) is 10.0 Å². The van der Waals surface area contributed by atoms with Crippen LogP contribution in [0.3, 0.4) is 0 Å². The van der Waals surface area contributed by atoms with Gasteiger partial charge in [0, 0.05) is 6.54 Å². The molecule has 0 aromatic heterocycles. The van der Waals surface area contributed by atoms with Crippen LogP contribution in [0.5, 0.6) is 0 Å². The predicted octanol–water partition coefficient (Wildman–Crippen LogP) is 0.101. The Morgan fingerprint density at radius 3 is 2.38 bits per heavy atom. The van der Waals surface area contributed by atoms with E-state index in [-0.39, 0.29) is 19.6 Å². The molecular weight excluding hydrogens is 338 g/mol. The van der Waals surface area contributed by atoms with Crippen LogP contribution in [-0.2, 0) is 24.3 Å². The van der Waals surface area contributed by atoms with E-state index in [0.717, 1.165) is 0 Å². The van der Waals surface area contributed by atoms with Gasteiger partial charge in [-0.15, -0.1) is 0 Å². The maximum Gasteiger partial charge on any atom is 0.407 e. The summed E-state index contributed by atoms with van der Waals surface area (Å²) >= 11 is 0.